The number of likely N-dealkylation sites (N-methyl/N-ethyl adjacent to an activating group) is 1. The number of piperazine rings is 2. The Morgan fingerprint density at radius 1 is 1.07 bits per heavy atom. The van der Waals surface area contributed by atoms with Gasteiger partial charge in [-0.25, -0.2) is 4.79 Å². The van der Waals surface area contributed by atoms with Crippen LogP contribution in [-0.2, 0) is 13.0 Å². The molecule has 236 valence electrons. The second-order valence-electron chi connectivity index (χ2n) is 12.8. The van der Waals surface area contributed by atoms with E-state index in [1.54, 1.807) is 0 Å². The number of ether oxygens (including phenoxy) is 1. The lowest BCUT2D eigenvalue weighted by Crippen LogP contribution is -2.55. The number of anilines is 2. The van der Waals surface area contributed by atoms with Crippen molar-refractivity contribution in [2.75, 3.05) is 75.8 Å². The van der Waals surface area contributed by atoms with Gasteiger partial charge in [-0.1, -0.05) is 35.9 Å². The van der Waals surface area contributed by atoms with E-state index in [9.17, 15) is 15.2 Å². The lowest BCUT2D eigenvalue weighted by atomic mass is 10.0. The predicted octanol–water partition coefficient (Wildman–Crippen LogP) is 4.09. The first kappa shape index (κ1) is 29.8. The number of halogens is 1. The normalized spacial score (nSPS) is 21.8. The molecule has 12 heteroatoms. The number of rotatable bonds is 7. The van der Waals surface area contributed by atoms with Crippen molar-refractivity contribution < 1.29 is 14.6 Å². The van der Waals surface area contributed by atoms with Crippen LogP contribution in [0.25, 0.3) is 10.8 Å². The van der Waals surface area contributed by atoms with E-state index in [1.807, 2.05) is 12.1 Å². The number of nitriles is 1. The number of fused-ring (bicyclic) bond motifs is 2. The Morgan fingerprint density at radius 3 is 2.58 bits per heavy atom. The zero-order chi connectivity index (χ0) is 31.1. The standard InChI is InChI=1S/C33H39ClN8O3/c1-38-14-17-41(18-15-38)33(10-11-33)22-45-31-36-27-21-39(28-7-3-5-23-4-2-6-26(34)29(23)28)13-9-25(27)30(37-31)40-16-19-42(32(43)44)24(20-40)8-12-35/h2-7,24H,8-11,13-22H2,1H3,(H,43,44). The molecular formula is C33H39ClN8O3. The van der Waals surface area contributed by atoms with Gasteiger partial charge in [0.25, 0.3) is 0 Å². The zero-order valence-electron chi connectivity index (χ0n) is 25.7. The number of carboxylic acid groups (broad SMARTS) is 1. The Balaban J connectivity index is 1.20. The maximum absolute atomic E-state index is 11.9. The number of amides is 1. The van der Waals surface area contributed by atoms with Crippen LogP contribution >= 0.6 is 11.6 Å². The lowest BCUT2D eigenvalue weighted by Gasteiger charge is -2.41. The highest BCUT2D eigenvalue weighted by molar-refractivity contribution is 6.36. The molecule has 3 aromatic rings. The molecule has 0 radical (unpaired) electrons. The fraction of sp³-hybridized carbons (Fsp3) is 0.515. The number of hydrogen-bond donors (Lipinski definition) is 1. The van der Waals surface area contributed by atoms with E-state index in [1.165, 1.54) is 4.90 Å². The molecule has 1 aromatic heterocycles. The Kier molecular flexibility index (Phi) is 8.06. The van der Waals surface area contributed by atoms with Gasteiger partial charge in [0.1, 0.15) is 12.4 Å². The summed E-state index contributed by atoms with van der Waals surface area (Å²) in [5.41, 5.74) is 3.08. The third kappa shape index (κ3) is 5.83. The molecule has 1 amide bonds. The topological polar surface area (TPSA) is 112 Å². The summed E-state index contributed by atoms with van der Waals surface area (Å²) in [7, 11) is 2.17. The van der Waals surface area contributed by atoms with E-state index in [-0.39, 0.29) is 12.0 Å². The van der Waals surface area contributed by atoms with E-state index < -0.39 is 12.1 Å². The van der Waals surface area contributed by atoms with Gasteiger partial charge in [0.15, 0.2) is 0 Å². The van der Waals surface area contributed by atoms with Crippen molar-refractivity contribution in [2.45, 2.75) is 43.8 Å². The summed E-state index contributed by atoms with van der Waals surface area (Å²) in [5, 5.41) is 22.1. The second-order valence-corrected chi connectivity index (χ2v) is 13.2. The van der Waals surface area contributed by atoms with Crippen molar-refractivity contribution in [1.29, 1.82) is 5.26 Å². The van der Waals surface area contributed by atoms with Crippen LogP contribution in [0.2, 0.25) is 5.02 Å². The third-order valence-electron chi connectivity index (χ3n) is 10.0. The average Bonchev–Trinajstić information content (AvgIpc) is 3.84. The highest BCUT2D eigenvalue weighted by atomic mass is 35.5. The van der Waals surface area contributed by atoms with Crippen LogP contribution in [-0.4, -0.2) is 113 Å². The smallest absolute Gasteiger partial charge is 0.407 e. The third-order valence-corrected chi connectivity index (χ3v) is 10.3. The van der Waals surface area contributed by atoms with Gasteiger partial charge in [-0.3, -0.25) is 4.90 Å². The number of carbonyl (C=O) groups is 1. The molecular weight excluding hydrogens is 592 g/mol. The summed E-state index contributed by atoms with van der Waals surface area (Å²) < 4.78 is 6.47. The highest BCUT2D eigenvalue weighted by Gasteiger charge is 2.49. The molecule has 1 atom stereocenters. The molecule has 1 N–H and O–H groups in total. The van der Waals surface area contributed by atoms with Crippen molar-refractivity contribution in [3.8, 4) is 12.1 Å². The Hall–Kier alpha value is -3.85. The van der Waals surface area contributed by atoms with Gasteiger partial charge >= 0.3 is 12.1 Å². The molecule has 45 heavy (non-hydrogen) atoms. The molecule has 3 aliphatic heterocycles. The molecule has 11 nitrogen and oxygen atoms in total. The molecule has 4 aliphatic rings. The van der Waals surface area contributed by atoms with Gasteiger partial charge in [-0.2, -0.15) is 15.2 Å². The summed E-state index contributed by atoms with van der Waals surface area (Å²) in [6.45, 7) is 7.26. The number of nitrogens with zero attached hydrogens (tertiary/aromatic N) is 8. The maximum atomic E-state index is 11.9. The molecule has 0 spiro atoms. The minimum atomic E-state index is -0.994. The first-order valence-electron chi connectivity index (χ1n) is 15.8. The van der Waals surface area contributed by atoms with E-state index in [4.69, 9.17) is 26.3 Å². The monoisotopic (exact) mass is 630 g/mol. The Morgan fingerprint density at radius 2 is 1.84 bits per heavy atom. The summed E-state index contributed by atoms with van der Waals surface area (Å²) in [4.78, 5) is 32.7. The maximum Gasteiger partial charge on any atom is 0.407 e. The van der Waals surface area contributed by atoms with Crippen molar-refractivity contribution in [2.24, 2.45) is 0 Å². The minimum absolute atomic E-state index is 0.0391. The quantitative estimate of drug-likeness (QED) is 0.410. The highest BCUT2D eigenvalue weighted by Crippen LogP contribution is 2.43. The molecule has 3 fully saturated rings. The molecule has 4 heterocycles. The van der Waals surface area contributed by atoms with Crippen molar-refractivity contribution in [3.05, 3.63) is 52.7 Å². The van der Waals surface area contributed by atoms with Gasteiger partial charge in [0.05, 0.1) is 41.3 Å². The van der Waals surface area contributed by atoms with Gasteiger partial charge in [0, 0.05) is 69.0 Å². The van der Waals surface area contributed by atoms with E-state index in [0.29, 0.717) is 38.8 Å². The van der Waals surface area contributed by atoms with Crippen LogP contribution in [0.4, 0.5) is 16.3 Å². The molecule has 0 bridgehead atoms. The molecule has 1 saturated carbocycles. The summed E-state index contributed by atoms with van der Waals surface area (Å²) in [5.74, 6) is 0.794. The van der Waals surface area contributed by atoms with Gasteiger partial charge in [0.2, 0.25) is 0 Å². The molecule has 2 saturated heterocycles. The van der Waals surface area contributed by atoms with E-state index in [0.717, 1.165) is 90.5 Å². The zero-order valence-corrected chi connectivity index (χ0v) is 26.4. The van der Waals surface area contributed by atoms with Crippen LogP contribution in [0.3, 0.4) is 0 Å². The molecule has 7 rings (SSSR count). The molecule has 1 unspecified atom stereocenters. The summed E-state index contributed by atoms with van der Waals surface area (Å²) >= 11 is 6.71. The SMILES string of the molecule is CN1CCN(C2(COc3nc4c(c(N5CCN(C(=O)O)C(CC#N)C5)n3)CCN(c3cccc5cccc(Cl)c35)C4)CC2)CC1. The fourth-order valence-electron chi connectivity index (χ4n) is 7.22. The molecule has 2 aromatic carbocycles. The van der Waals surface area contributed by atoms with Gasteiger partial charge in [-0.15, -0.1) is 0 Å². The first-order chi connectivity index (χ1) is 21.8. The fourth-order valence-corrected chi connectivity index (χ4v) is 7.49. The van der Waals surface area contributed by atoms with E-state index in [2.05, 4.69) is 57.0 Å². The second kappa shape index (κ2) is 12.2. The van der Waals surface area contributed by atoms with Crippen LogP contribution in [0.1, 0.15) is 30.5 Å². The Labute approximate surface area is 268 Å². The average molecular weight is 631 g/mol. The predicted molar refractivity (Wildman–Crippen MR) is 173 cm³/mol. The minimum Gasteiger partial charge on any atom is -0.465 e. The van der Waals surface area contributed by atoms with Crippen LogP contribution in [0.5, 0.6) is 6.01 Å². The number of aromatic nitrogens is 2. The largest absolute Gasteiger partial charge is 0.465 e. The van der Waals surface area contributed by atoms with Crippen LogP contribution in [0.15, 0.2) is 36.4 Å². The van der Waals surface area contributed by atoms with Crippen LogP contribution < -0.4 is 14.5 Å². The van der Waals surface area contributed by atoms with Gasteiger partial charge in [-0.05, 0) is 43.8 Å². The van der Waals surface area contributed by atoms with Crippen molar-refractivity contribution in [3.63, 3.8) is 0 Å². The first-order valence-corrected chi connectivity index (χ1v) is 16.2. The lowest BCUT2D eigenvalue weighted by molar-refractivity contribution is 0.0650. The number of hydrogen-bond acceptors (Lipinski definition) is 9. The van der Waals surface area contributed by atoms with Gasteiger partial charge < -0.3 is 29.4 Å². The van der Waals surface area contributed by atoms with Crippen LogP contribution in [0, 0.1) is 11.3 Å². The molecule has 1 aliphatic carbocycles. The Bertz CT molecular complexity index is 1630. The van der Waals surface area contributed by atoms with Crippen molar-refractivity contribution in [1.82, 2.24) is 24.7 Å². The summed E-state index contributed by atoms with van der Waals surface area (Å²) in [6.07, 6.45) is 2.07. The summed E-state index contributed by atoms with van der Waals surface area (Å²) in [6, 6.07) is 14.3. The van der Waals surface area contributed by atoms with E-state index >= 15 is 0 Å². The number of benzene rings is 2. The van der Waals surface area contributed by atoms with Crippen molar-refractivity contribution >= 4 is 40.0 Å².